The first-order valence-electron chi connectivity index (χ1n) is 7.27. The van der Waals surface area contributed by atoms with Crippen LogP contribution in [-0.2, 0) is 16.1 Å². The molecule has 2 rings (SSSR count). The van der Waals surface area contributed by atoms with E-state index in [1.165, 1.54) is 0 Å². The molecule has 1 N–H and O–H groups in total. The molecule has 2 aromatic carbocycles. The van der Waals surface area contributed by atoms with Crippen molar-refractivity contribution in [2.45, 2.75) is 19.6 Å². The van der Waals surface area contributed by atoms with Gasteiger partial charge in [0.25, 0.3) is 5.91 Å². The molecule has 1 amide bonds. The highest BCUT2D eigenvalue weighted by molar-refractivity contribution is 5.92. The van der Waals surface area contributed by atoms with Crippen LogP contribution in [0.5, 0.6) is 5.75 Å². The average Bonchev–Trinajstić information content (AvgIpc) is 2.60. The molecule has 0 aliphatic heterocycles. The summed E-state index contributed by atoms with van der Waals surface area (Å²) < 4.78 is 10.2. The van der Waals surface area contributed by atoms with Crippen molar-refractivity contribution < 1.29 is 19.1 Å². The van der Waals surface area contributed by atoms with E-state index >= 15 is 0 Å². The maximum atomic E-state index is 12.0. The summed E-state index contributed by atoms with van der Waals surface area (Å²) in [6, 6.07) is 16.0. The third-order valence-electron chi connectivity index (χ3n) is 3.29. The van der Waals surface area contributed by atoms with Gasteiger partial charge in [0, 0.05) is 6.54 Å². The number of carbonyl (C=O) groups is 2. The maximum Gasteiger partial charge on any atom is 0.338 e. The molecule has 0 aliphatic carbocycles. The minimum absolute atomic E-state index is 0.337. The van der Waals surface area contributed by atoms with Gasteiger partial charge in [0.05, 0.1) is 12.7 Å². The molecule has 23 heavy (non-hydrogen) atoms. The van der Waals surface area contributed by atoms with Crippen molar-refractivity contribution in [3.8, 4) is 5.75 Å². The van der Waals surface area contributed by atoms with E-state index in [0.717, 1.165) is 5.56 Å². The first-order valence-corrected chi connectivity index (χ1v) is 7.27. The summed E-state index contributed by atoms with van der Waals surface area (Å²) in [6.45, 7) is 1.94. The number of nitrogens with one attached hydrogen (secondary N) is 1. The second kappa shape index (κ2) is 7.98. The van der Waals surface area contributed by atoms with Gasteiger partial charge in [-0.3, -0.25) is 4.79 Å². The highest BCUT2D eigenvalue weighted by atomic mass is 16.5. The van der Waals surface area contributed by atoms with Crippen molar-refractivity contribution in [2.75, 3.05) is 7.11 Å². The number of esters is 1. The average molecular weight is 313 g/mol. The number of ether oxygens (including phenoxy) is 2. The van der Waals surface area contributed by atoms with Crippen molar-refractivity contribution in [2.24, 2.45) is 0 Å². The zero-order chi connectivity index (χ0) is 16.7. The Morgan fingerprint density at radius 3 is 2.30 bits per heavy atom. The molecule has 0 radical (unpaired) electrons. The molecular weight excluding hydrogens is 294 g/mol. The number of hydrogen-bond donors (Lipinski definition) is 1. The summed E-state index contributed by atoms with van der Waals surface area (Å²) in [4.78, 5) is 24.0. The molecular formula is C18H19NO4. The van der Waals surface area contributed by atoms with Crippen LogP contribution in [0.25, 0.3) is 0 Å². The van der Waals surface area contributed by atoms with Gasteiger partial charge in [-0.05, 0) is 36.8 Å². The van der Waals surface area contributed by atoms with Crippen LogP contribution in [0.15, 0.2) is 54.6 Å². The van der Waals surface area contributed by atoms with Crippen molar-refractivity contribution in [3.05, 3.63) is 65.7 Å². The lowest BCUT2D eigenvalue weighted by molar-refractivity contribution is -0.129. The lowest BCUT2D eigenvalue weighted by Gasteiger charge is -2.13. The van der Waals surface area contributed by atoms with Crippen molar-refractivity contribution in [1.82, 2.24) is 5.32 Å². The van der Waals surface area contributed by atoms with Crippen LogP contribution in [0.4, 0.5) is 0 Å². The van der Waals surface area contributed by atoms with Crippen LogP contribution in [0.1, 0.15) is 22.8 Å². The molecule has 5 nitrogen and oxygen atoms in total. The topological polar surface area (TPSA) is 64.6 Å². The third-order valence-corrected chi connectivity index (χ3v) is 3.29. The van der Waals surface area contributed by atoms with E-state index in [1.807, 2.05) is 30.3 Å². The largest absolute Gasteiger partial charge is 0.497 e. The second-order valence-electron chi connectivity index (χ2n) is 4.98. The second-order valence-corrected chi connectivity index (χ2v) is 4.98. The first-order chi connectivity index (χ1) is 11.1. The fraction of sp³-hybridized carbons (Fsp3) is 0.222. The molecule has 1 atom stereocenters. The Balaban J connectivity index is 1.85. The van der Waals surface area contributed by atoms with Gasteiger partial charge in [-0.2, -0.15) is 0 Å². The zero-order valence-electron chi connectivity index (χ0n) is 13.1. The van der Waals surface area contributed by atoms with Crippen LogP contribution in [-0.4, -0.2) is 25.1 Å². The van der Waals surface area contributed by atoms with Gasteiger partial charge in [0.2, 0.25) is 0 Å². The Kier molecular flexibility index (Phi) is 5.74. The van der Waals surface area contributed by atoms with Crippen molar-refractivity contribution in [3.63, 3.8) is 0 Å². The Morgan fingerprint density at radius 1 is 1.04 bits per heavy atom. The first kappa shape index (κ1) is 16.5. The third kappa shape index (κ3) is 4.85. The lowest BCUT2D eigenvalue weighted by Crippen LogP contribution is -2.35. The quantitative estimate of drug-likeness (QED) is 0.833. The minimum atomic E-state index is -0.867. The fourth-order valence-corrected chi connectivity index (χ4v) is 1.94. The lowest BCUT2D eigenvalue weighted by atomic mass is 10.2. The molecule has 0 bridgehead atoms. The molecule has 0 fully saturated rings. The highest BCUT2D eigenvalue weighted by Gasteiger charge is 2.18. The minimum Gasteiger partial charge on any atom is -0.497 e. The molecule has 0 saturated carbocycles. The number of amides is 1. The molecule has 0 saturated heterocycles. The fourth-order valence-electron chi connectivity index (χ4n) is 1.94. The standard InChI is InChI=1S/C18H19NO4/c1-13(17(20)19-12-14-6-4-3-5-7-14)23-18(21)15-8-10-16(22-2)11-9-15/h3-11,13H,12H2,1-2H3,(H,19,20)/t13-/m1/s1. The van der Waals surface area contributed by atoms with Gasteiger partial charge in [-0.1, -0.05) is 30.3 Å². The zero-order valence-corrected chi connectivity index (χ0v) is 13.1. The van der Waals surface area contributed by atoms with E-state index in [0.29, 0.717) is 17.9 Å². The summed E-state index contributed by atoms with van der Waals surface area (Å²) in [7, 11) is 1.55. The maximum absolute atomic E-state index is 12.0. The normalized spacial score (nSPS) is 11.4. The molecule has 0 unspecified atom stereocenters. The number of rotatable bonds is 6. The Labute approximate surface area is 135 Å². The summed E-state index contributed by atoms with van der Waals surface area (Å²) in [5.41, 5.74) is 1.35. The number of methoxy groups -OCH3 is 1. The van der Waals surface area contributed by atoms with Gasteiger partial charge in [-0.15, -0.1) is 0 Å². The number of hydrogen-bond acceptors (Lipinski definition) is 4. The summed E-state index contributed by atoms with van der Waals surface area (Å²) >= 11 is 0. The highest BCUT2D eigenvalue weighted by Crippen LogP contribution is 2.12. The number of benzene rings is 2. The van der Waals surface area contributed by atoms with Crippen LogP contribution >= 0.6 is 0 Å². The van der Waals surface area contributed by atoms with Crippen molar-refractivity contribution in [1.29, 1.82) is 0 Å². The van der Waals surface area contributed by atoms with Gasteiger partial charge in [0.15, 0.2) is 6.10 Å². The molecule has 0 spiro atoms. The predicted molar refractivity (Wildman–Crippen MR) is 86.2 cm³/mol. The van der Waals surface area contributed by atoms with E-state index in [2.05, 4.69) is 5.32 Å². The van der Waals surface area contributed by atoms with Crippen LogP contribution < -0.4 is 10.1 Å². The number of carbonyl (C=O) groups excluding carboxylic acids is 2. The van der Waals surface area contributed by atoms with E-state index in [9.17, 15) is 9.59 Å². The molecule has 0 heterocycles. The van der Waals surface area contributed by atoms with E-state index in [4.69, 9.17) is 9.47 Å². The van der Waals surface area contributed by atoms with Crippen LogP contribution in [0.2, 0.25) is 0 Å². The monoisotopic (exact) mass is 313 g/mol. The molecule has 0 aliphatic rings. The SMILES string of the molecule is COc1ccc(C(=O)O[C@H](C)C(=O)NCc2ccccc2)cc1. The van der Waals surface area contributed by atoms with Gasteiger partial charge in [0.1, 0.15) is 5.75 Å². The Bertz CT molecular complexity index is 652. The van der Waals surface area contributed by atoms with Gasteiger partial charge < -0.3 is 14.8 Å². The summed E-state index contributed by atoms with van der Waals surface area (Å²) in [5, 5.41) is 2.74. The van der Waals surface area contributed by atoms with E-state index in [1.54, 1.807) is 38.3 Å². The Hall–Kier alpha value is -2.82. The molecule has 0 aromatic heterocycles. The van der Waals surface area contributed by atoms with Crippen LogP contribution in [0.3, 0.4) is 0 Å². The molecule has 2 aromatic rings. The van der Waals surface area contributed by atoms with E-state index < -0.39 is 12.1 Å². The summed E-state index contributed by atoms with van der Waals surface area (Å²) in [6.07, 6.45) is -0.867. The van der Waals surface area contributed by atoms with E-state index in [-0.39, 0.29) is 5.91 Å². The molecule has 120 valence electrons. The van der Waals surface area contributed by atoms with Crippen LogP contribution in [0, 0.1) is 0 Å². The smallest absolute Gasteiger partial charge is 0.338 e. The summed E-state index contributed by atoms with van der Waals surface area (Å²) in [5.74, 6) is -0.235. The van der Waals surface area contributed by atoms with Gasteiger partial charge >= 0.3 is 5.97 Å². The van der Waals surface area contributed by atoms with Gasteiger partial charge in [-0.25, -0.2) is 4.79 Å². The molecule has 5 heteroatoms. The Morgan fingerprint density at radius 2 is 1.70 bits per heavy atom. The predicted octanol–water partition coefficient (Wildman–Crippen LogP) is 2.56. The van der Waals surface area contributed by atoms with Crippen molar-refractivity contribution >= 4 is 11.9 Å².